The van der Waals surface area contributed by atoms with Crippen molar-refractivity contribution in [3.05, 3.63) is 136 Å². The number of nitro groups is 1. The smallest absolute Gasteiger partial charge is 0.343 e. The van der Waals surface area contributed by atoms with Crippen LogP contribution in [-0.4, -0.2) is 33.7 Å². The van der Waals surface area contributed by atoms with Crippen LogP contribution in [-0.2, 0) is 21.0 Å². The first-order chi connectivity index (χ1) is 19.9. The maximum Gasteiger partial charge on any atom is 0.343 e. The highest BCUT2D eigenvalue weighted by atomic mass is 16.7. The molecule has 4 aromatic rings. The molecule has 2 amide bonds. The van der Waals surface area contributed by atoms with Crippen LogP contribution < -0.4 is 9.80 Å². The van der Waals surface area contributed by atoms with Crippen LogP contribution in [0.3, 0.4) is 0 Å². The minimum atomic E-state index is -1.07. The summed E-state index contributed by atoms with van der Waals surface area (Å²) in [6.45, 7) is 0.119. The molecular formula is C31H23N3O7. The molecule has 41 heavy (non-hydrogen) atoms. The molecule has 0 aromatic heterocycles. The molecule has 0 saturated carbocycles. The first-order valence-electron chi connectivity index (χ1n) is 12.9. The Morgan fingerprint density at radius 1 is 0.829 bits per heavy atom. The largest absolute Gasteiger partial charge is 0.423 e. The number of amides is 2. The minimum absolute atomic E-state index is 0.101. The predicted octanol–water partition coefficient (Wildman–Crippen LogP) is 4.86. The van der Waals surface area contributed by atoms with Gasteiger partial charge in [0.15, 0.2) is 6.10 Å². The Kier molecular flexibility index (Phi) is 6.74. The number of benzene rings is 4. The number of non-ortho nitro benzene ring substituents is 1. The zero-order valence-electron chi connectivity index (χ0n) is 21.5. The fourth-order valence-electron chi connectivity index (χ4n) is 5.15. The highest BCUT2D eigenvalue weighted by molar-refractivity contribution is 6.07. The molecule has 4 aromatic carbocycles. The summed E-state index contributed by atoms with van der Waals surface area (Å²) in [5, 5.41) is 12.6. The van der Waals surface area contributed by atoms with E-state index in [2.05, 4.69) is 0 Å². The summed E-state index contributed by atoms with van der Waals surface area (Å²) >= 11 is 0. The Labute approximate surface area is 234 Å². The maximum absolute atomic E-state index is 13.7. The summed E-state index contributed by atoms with van der Waals surface area (Å²) in [5.41, 5.74) is 2.20. The summed E-state index contributed by atoms with van der Waals surface area (Å²) in [4.78, 5) is 57.6. The fraction of sp³-hybridized carbons (Fsp3) is 0.129. The highest BCUT2D eigenvalue weighted by Crippen LogP contribution is 2.47. The number of hydrogen-bond donors (Lipinski definition) is 0. The second-order valence-electron chi connectivity index (χ2n) is 9.67. The average molecular weight is 550 g/mol. The molecule has 0 radical (unpaired) electrons. The lowest BCUT2D eigenvalue weighted by Gasteiger charge is -2.28. The van der Waals surface area contributed by atoms with E-state index in [0.717, 1.165) is 5.56 Å². The molecule has 10 heteroatoms. The summed E-state index contributed by atoms with van der Waals surface area (Å²) in [6, 6.07) is 29.4. The van der Waals surface area contributed by atoms with Gasteiger partial charge in [-0.3, -0.25) is 29.4 Å². The van der Waals surface area contributed by atoms with E-state index in [0.29, 0.717) is 22.6 Å². The lowest BCUT2D eigenvalue weighted by atomic mass is 9.90. The standard InChI is InChI=1S/C31H23N3O7/c35-29-26-27(21-11-17-25(18-12-21)40-31(37)22-9-5-2-6-10-22)33(23-13-15-24(16-14-23)34(38)39)41-28(26)30(36)32(29)19-20-7-3-1-4-8-20/h1-18,26-28H,19H2/t26-,27+,28+/m0/s1. The summed E-state index contributed by atoms with van der Waals surface area (Å²) in [5.74, 6) is -1.90. The Bertz CT molecular complexity index is 1610. The lowest BCUT2D eigenvalue weighted by Crippen LogP contribution is -2.36. The third kappa shape index (κ3) is 4.92. The Morgan fingerprint density at radius 3 is 2.10 bits per heavy atom. The van der Waals surface area contributed by atoms with Crippen LogP contribution in [0.15, 0.2) is 109 Å². The number of ether oxygens (including phenoxy) is 1. The van der Waals surface area contributed by atoms with E-state index in [1.54, 1.807) is 54.6 Å². The van der Waals surface area contributed by atoms with E-state index in [1.165, 1.54) is 34.2 Å². The maximum atomic E-state index is 13.7. The van der Waals surface area contributed by atoms with Crippen LogP contribution in [0.2, 0.25) is 0 Å². The summed E-state index contributed by atoms with van der Waals surface area (Å²) in [6.07, 6.45) is -1.07. The van der Waals surface area contributed by atoms with Crippen molar-refractivity contribution >= 4 is 29.2 Å². The normalized spacial score (nSPS) is 19.8. The second-order valence-corrected chi connectivity index (χ2v) is 9.67. The number of likely N-dealkylation sites (tertiary alicyclic amines) is 1. The van der Waals surface area contributed by atoms with Gasteiger partial charge in [0.1, 0.15) is 11.7 Å². The SMILES string of the molecule is O=C(Oc1ccc([C@@H]2[C@@H]3C(=O)N(Cc4ccccc4)C(=O)[C@@H]3ON2c2ccc([N+](=O)[O-])cc2)cc1)c1ccccc1. The van der Waals surface area contributed by atoms with Crippen molar-refractivity contribution in [1.29, 1.82) is 0 Å². The minimum Gasteiger partial charge on any atom is -0.423 e. The molecule has 0 bridgehead atoms. The molecular weight excluding hydrogens is 526 g/mol. The molecule has 3 atom stereocenters. The van der Waals surface area contributed by atoms with Gasteiger partial charge in [-0.15, -0.1) is 0 Å². The van der Waals surface area contributed by atoms with Crippen LogP contribution in [0.5, 0.6) is 5.75 Å². The Morgan fingerprint density at radius 2 is 1.46 bits per heavy atom. The molecule has 204 valence electrons. The quantitative estimate of drug-likeness (QED) is 0.105. The van der Waals surface area contributed by atoms with Gasteiger partial charge >= 0.3 is 5.97 Å². The number of hydroxylamine groups is 1. The van der Waals surface area contributed by atoms with E-state index in [1.807, 2.05) is 30.3 Å². The number of anilines is 1. The molecule has 6 rings (SSSR count). The van der Waals surface area contributed by atoms with Crippen LogP contribution >= 0.6 is 0 Å². The first kappa shape index (κ1) is 25.9. The monoisotopic (exact) mass is 549 g/mol. The van der Waals surface area contributed by atoms with Crippen LogP contribution in [0.1, 0.15) is 27.5 Å². The molecule has 0 aliphatic carbocycles. The third-order valence-corrected chi connectivity index (χ3v) is 7.15. The van der Waals surface area contributed by atoms with Gasteiger partial charge in [0, 0.05) is 12.1 Å². The second kappa shape index (κ2) is 10.7. The molecule has 2 saturated heterocycles. The van der Waals surface area contributed by atoms with Crippen molar-refractivity contribution < 1.29 is 28.9 Å². The number of imide groups is 1. The topological polar surface area (TPSA) is 119 Å². The van der Waals surface area contributed by atoms with Crippen molar-refractivity contribution in [2.24, 2.45) is 5.92 Å². The molecule has 0 N–H and O–H groups in total. The van der Waals surface area contributed by atoms with E-state index in [-0.39, 0.29) is 18.1 Å². The van der Waals surface area contributed by atoms with Crippen LogP contribution in [0, 0.1) is 16.0 Å². The molecule has 0 unspecified atom stereocenters. The summed E-state index contributed by atoms with van der Waals surface area (Å²) in [7, 11) is 0. The van der Waals surface area contributed by atoms with Crippen molar-refractivity contribution in [2.75, 3.05) is 5.06 Å². The molecule has 2 aliphatic heterocycles. The van der Waals surface area contributed by atoms with Crippen LogP contribution in [0.25, 0.3) is 0 Å². The van der Waals surface area contributed by atoms with Gasteiger partial charge in [-0.1, -0.05) is 60.7 Å². The first-order valence-corrected chi connectivity index (χ1v) is 12.9. The van der Waals surface area contributed by atoms with Gasteiger partial charge in [-0.05, 0) is 47.5 Å². The zero-order valence-corrected chi connectivity index (χ0v) is 21.5. The molecule has 2 fully saturated rings. The van der Waals surface area contributed by atoms with Gasteiger partial charge in [0.05, 0.1) is 28.8 Å². The number of hydrogen-bond acceptors (Lipinski definition) is 8. The van der Waals surface area contributed by atoms with Crippen molar-refractivity contribution in [3.8, 4) is 5.75 Å². The summed E-state index contributed by atoms with van der Waals surface area (Å²) < 4.78 is 5.50. The van der Waals surface area contributed by atoms with E-state index in [9.17, 15) is 24.5 Å². The number of nitro benzene ring substituents is 1. The highest BCUT2D eigenvalue weighted by Gasteiger charge is 2.59. The molecule has 0 spiro atoms. The number of fused-ring (bicyclic) bond motifs is 1. The van der Waals surface area contributed by atoms with Gasteiger partial charge in [-0.25, -0.2) is 9.86 Å². The van der Waals surface area contributed by atoms with Crippen molar-refractivity contribution in [1.82, 2.24) is 4.90 Å². The van der Waals surface area contributed by atoms with Crippen molar-refractivity contribution in [3.63, 3.8) is 0 Å². The number of rotatable bonds is 7. The van der Waals surface area contributed by atoms with E-state index in [4.69, 9.17) is 9.57 Å². The van der Waals surface area contributed by atoms with E-state index < -0.39 is 34.9 Å². The van der Waals surface area contributed by atoms with Crippen LogP contribution in [0.4, 0.5) is 11.4 Å². The Balaban J connectivity index is 1.31. The molecule has 2 heterocycles. The van der Waals surface area contributed by atoms with Crippen molar-refractivity contribution in [2.45, 2.75) is 18.7 Å². The molecule has 10 nitrogen and oxygen atoms in total. The molecule has 2 aliphatic rings. The third-order valence-electron chi connectivity index (χ3n) is 7.15. The zero-order chi connectivity index (χ0) is 28.5. The van der Waals surface area contributed by atoms with Gasteiger partial charge in [-0.2, -0.15) is 0 Å². The number of nitrogens with zero attached hydrogens (tertiary/aromatic N) is 3. The predicted molar refractivity (Wildman–Crippen MR) is 147 cm³/mol. The Hall–Kier alpha value is -5.35. The number of carbonyl (C=O) groups excluding carboxylic acids is 3. The van der Waals surface area contributed by atoms with Gasteiger partial charge < -0.3 is 4.74 Å². The average Bonchev–Trinajstić information content (AvgIpc) is 3.50. The number of carbonyl (C=O) groups is 3. The van der Waals surface area contributed by atoms with Gasteiger partial charge in [0.25, 0.3) is 11.6 Å². The number of esters is 1. The fourth-order valence-corrected chi connectivity index (χ4v) is 5.15. The van der Waals surface area contributed by atoms with Gasteiger partial charge in [0.2, 0.25) is 5.91 Å². The lowest BCUT2D eigenvalue weighted by molar-refractivity contribution is -0.384. The van der Waals surface area contributed by atoms with E-state index >= 15 is 0 Å².